The first-order chi connectivity index (χ1) is 9.75. The molecule has 1 aromatic rings. The number of carbonyl (C=O) groups excluding carboxylic acids is 1. The van der Waals surface area contributed by atoms with Crippen LogP contribution in [-0.4, -0.2) is 51.5 Å². The van der Waals surface area contributed by atoms with Crippen molar-refractivity contribution in [1.29, 1.82) is 0 Å². The van der Waals surface area contributed by atoms with Gasteiger partial charge in [0.2, 0.25) is 0 Å². The monoisotopic (exact) mass is 307 g/mol. The molecule has 0 aromatic carbocycles. The van der Waals surface area contributed by atoms with Crippen molar-refractivity contribution in [2.75, 3.05) is 26.3 Å². The summed E-state index contributed by atoms with van der Waals surface area (Å²) in [5.74, 6) is -0.0567. The van der Waals surface area contributed by atoms with Crippen LogP contribution in [0.3, 0.4) is 0 Å². The second-order valence-corrected chi connectivity index (χ2v) is 6.02. The molecule has 3 rings (SSSR count). The molecule has 2 saturated heterocycles. The number of carbonyl (C=O) groups is 1. The van der Waals surface area contributed by atoms with E-state index in [2.05, 4.69) is 4.98 Å². The largest absolute Gasteiger partial charge is 0.379 e. The molecule has 3 heterocycles. The van der Waals surface area contributed by atoms with Gasteiger partial charge in [-0.1, -0.05) is 24.0 Å². The minimum absolute atomic E-state index is 0.0567. The van der Waals surface area contributed by atoms with Gasteiger partial charge in [-0.05, 0) is 23.8 Å². The van der Waals surface area contributed by atoms with Crippen LogP contribution in [0, 0.1) is 0 Å². The van der Waals surface area contributed by atoms with E-state index < -0.39 is 0 Å². The molecule has 1 aromatic heterocycles. The van der Waals surface area contributed by atoms with Crippen molar-refractivity contribution in [2.45, 2.75) is 0 Å². The third kappa shape index (κ3) is 2.76. The quantitative estimate of drug-likeness (QED) is 0.610. The Morgan fingerprint density at radius 2 is 2.00 bits per heavy atom. The highest BCUT2D eigenvalue weighted by Gasteiger charge is 2.36. The first kappa shape index (κ1) is 13.7. The molecular formula is C13H13N3O2S2. The zero-order valence-electron chi connectivity index (χ0n) is 10.7. The minimum atomic E-state index is -0.0567. The van der Waals surface area contributed by atoms with Crippen molar-refractivity contribution in [1.82, 2.24) is 15.0 Å². The van der Waals surface area contributed by atoms with Crippen molar-refractivity contribution in [3.63, 3.8) is 0 Å². The summed E-state index contributed by atoms with van der Waals surface area (Å²) in [6.45, 7) is 2.63. The lowest BCUT2D eigenvalue weighted by molar-refractivity contribution is -0.138. The van der Waals surface area contributed by atoms with Crippen molar-refractivity contribution in [3.8, 4) is 0 Å². The van der Waals surface area contributed by atoms with Gasteiger partial charge in [-0.25, -0.2) is 10.0 Å². The van der Waals surface area contributed by atoms with Crippen LogP contribution >= 0.6 is 24.0 Å². The average Bonchev–Trinajstić information content (AvgIpc) is 2.75. The number of thiocarbonyl (C=S) groups is 1. The molecule has 0 spiro atoms. The Balaban J connectivity index is 1.81. The van der Waals surface area contributed by atoms with E-state index >= 15 is 0 Å². The third-order valence-corrected chi connectivity index (χ3v) is 4.33. The minimum Gasteiger partial charge on any atom is -0.379 e. The molecule has 0 saturated carbocycles. The van der Waals surface area contributed by atoms with Crippen LogP contribution in [0.5, 0.6) is 0 Å². The molecule has 0 bridgehead atoms. The van der Waals surface area contributed by atoms with Gasteiger partial charge >= 0.3 is 0 Å². The second kappa shape index (κ2) is 6.01. The molecule has 0 aliphatic carbocycles. The van der Waals surface area contributed by atoms with E-state index in [4.69, 9.17) is 17.0 Å². The summed E-state index contributed by atoms with van der Waals surface area (Å²) >= 11 is 6.66. The Hall–Kier alpha value is -1.28. The maximum absolute atomic E-state index is 12.5. The fraction of sp³-hybridized carbons (Fsp3) is 0.308. The first-order valence-electron chi connectivity index (χ1n) is 6.26. The Morgan fingerprint density at radius 3 is 2.70 bits per heavy atom. The number of hydrogen-bond donors (Lipinski definition) is 0. The number of pyridine rings is 1. The lowest BCUT2D eigenvalue weighted by Crippen LogP contribution is -2.50. The molecule has 7 heteroatoms. The molecule has 2 aliphatic rings. The molecule has 20 heavy (non-hydrogen) atoms. The van der Waals surface area contributed by atoms with Crippen LogP contribution < -0.4 is 0 Å². The number of aromatic nitrogens is 1. The van der Waals surface area contributed by atoms with Gasteiger partial charge in [0, 0.05) is 25.5 Å². The van der Waals surface area contributed by atoms with Crippen LogP contribution in [0.1, 0.15) is 5.56 Å². The average molecular weight is 307 g/mol. The molecule has 0 N–H and O–H groups in total. The summed E-state index contributed by atoms with van der Waals surface area (Å²) in [6.07, 6.45) is 5.25. The van der Waals surface area contributed by atoms with Gasteiger partial charge in [0.05, 0.1) is 18.1 Å². The number of morpholine rings is 1. The lowest BCUT2D eigenvalue weighted by atomic mass is 10.2. The molecule has 0 atom stereocenters. The molecule has 5 nitrogen and oxygen atoms in total. The number of nitrogens with zero attached hydrogens (tertiary/aromatic N) is 3. The smallest absolute Gasteiger partial charge is 0.280 e. The number of hydrazine groups is 1. The number of rotatable bonds is 2. The standard InChI is InChI=1S/C13H13N3O2S2/c17-12-11(9-10-1-3-14-4-2-10)20-13(19)16(12)15-5-7-18-8-6-15/h1-4,9H,5-8H2/b11-9+. The summed E-state index contributed by atoms with van der Waals surface area (Å²) in [5.41, 5.74) is 0.947. The third-order valence-electron chi connectivity index (χ3n) is 3.05. The van der Waals surface area contributed by atoms with E-state index in [0.29, 0.717) is 35.5 Å². The Morgan fingerprint density at radius 1 is 1.30 bits per heavy atom. The first-order valence-corrected chi connectivity index (χ1v) is 7.49. The summed E-state index contributed by atoms with van der Waals surface area (Å²) in [6, 6.07) is 3.72. The Kier molecular flexibility index (Phi) is 4.11. The summed E-state index contributed by atoms with van der Waals surface area (Å²) in [4.78, 5) is 17.1. The highest BCUT2D eigenvalue weighted by Crippen LogP contribution is 2.33. The predicted octanol–water partition coefficient (Wildman–Crippen LogP) is 1.53. The van der Waals surface area contributed by atoms with E-state index in [0.717, 1.165) is 5.56 Å². The van der Waals surface area contributed by atoms with Gasteiger partial charge in [0.1, 0.15) is 0 Å². The summed E-state index contributed by atoms with van der Waals surface area (Å²) in [5, 5.41) is 3.55. The normalized spacial score (nSPS) is 22.8. The molecule has 1 amide bonds. The van der Waals surface area contributed by atoms with Gasteiger partial charge < -0.3 is 4.74 Å². The van der Waals surface area contributed by atoms with E-state index in [9.17, 15) is 4.79 Å². The number of ether oxygens (including phenoxy) is 1. The molecule has 0 unspecified atom stereocenters. The highest BCUT2D eigenvalue weighted by molar-refractivity contribution is 8.26. The van der Waals surface area contributed by atoms with Crippen LogP contribution in [0.4, 0.5) is 0 Å². The van der Waals surface area contributed by atoms with Gasteiger partial charge in [0.25, 0.3) is 5.91 Å². The lowest BCUT2D eigenvalue weighted by Gasteiger charge is -2.33. The van der Waals surface area contributed by atoms with Gasteiger partial charge in [0.15, 0.2) is 4.32 Å². The maximum Gasteiger partial charge on any atom is 0.280 e. The van der Waals surface area contributed by atoms with E-state index in [1.54, 1.807) is 17.4 Å². The van der Waals surface area contributed by atoms with Gasteiger partial charge in [-0.3, -0.25) is 9.78 Å². The van der Waals surface area contributed by atoms with Crippen LogP contribution in [0.15, 0.2) is 29.4 Å². The topological polar surface area (TPSA) is 45.7 Å². The molecule has 104 valence electrons. The zero-order valence-corrected chi connectivity index (χ0v) is 12.3. The Labute approximate surface area is 126 Å². The van der Waals surface area contributed by atoms with E-state index in [1.807, 2.05) is 23.2 Å². The van der Waals surface area contributed by atoms with E-state index in [1.165, 1.54) is 11.8 Å². The number of thioether (sulfide) groups is 1. The van der Waals surface area contributed by atoms with Crippen molar-refractivity contribution in [3.05, 3.63) is 35.0 Å². The van der Waals surface area contributed by atoms with Gasteiger partial charge in [-0.2, -0.15) is 0 Å². The number of hydrogen-bond acceptors (Lipinski definition) is 6. The zero-order chi connectivity index (χ0) is 13.9. The SMILES string of the molecule is O=C1/C(=C\c2ccncc2)SC(=S)N1N1CCOCC1. The van der Waals surface area contributed by atoms with Crippen LogP contribution in [0.2, 0.25) is 0 Å². The summed E-state index contributed by atoms with van der Waals surface area (Å²) < 4.78 is 5.88. The van der Waals surface area contributed by atoms with Gasteiger partial charge in [-0.15, -0.1) is 0 Å². The van der Waals surface area contributed by atoms with E-state index in [-0.39, 0.29) is 5.91 Å². The van der Waals surface area contributed by atoms with Crippen molar-refractivity contribution < 1.29 is 9.53 Å². The van der Waals surface area contributed by atoms with Crippen molar-refractivity contribution >= 4 is 40.3 Å². The summed E-state index contributed by atoms with van der Waals surface area (Å²) in [7, 11) is 0. The molecule has 0 radical (unpaired) electrons. The Bertz CT molecular complexity index is 556. The predicted molar refractivity (Wildman–Crippen MR) is 81.6 cm³/mol. The van der Waals surface area contributed by atoms with Crippen molar-refractivity contribution in [2.24, 2.45) is 0 Å². The number of amides is 1. The highest BCUT2D eigenvalue weighted by atomic mass is 32.2. The fourth-order valence-corrected chi connectivity index (χ4v) is 3.38. The fourth-order valence-electron chi connectivity index (χ4n) is 2.07. The molecule has 2 aliphatic heterocycles. The molecule has 2 fully saturated rings. The van der Waals surface area contributed by atoms with Crippen LogP contribution in [0.25, 0.3) is 6.08 Å². The maximum atomic E-state index is 12.5. The molecular weight excluding hydrogens is 294 g/mol. The van der Waals surface area contributed by atoms with Crippen LogP contribution in [-0.2, 0) is 9.53 Å². The second-order valence-electron chi connectivity index (χ2n) is 4.34.